The number of amides is 2. The highest BCUT2D eigenvalue weighted by Crippen LogP contribution is 2.25. The van der Waals surface area contributed by atoms with Crippen LogP contribution in [0.5, 0.6) is 0 Å². The molecule has 2 aliphatic rings. The molecule has 1 N–H and O–H groups in total. The summed E-state index contributed by atoms with van der Waals surface area (Å²) in [7, 11) is 0. The molecule has 3 rings (SSSR count). The summed E-state index contributed by atoms with van der Waals surface area (Å²) in [5.74, 6) is -0.123. The third-order valence-electron chi connectivity index (χ3n) is 3.91. The van der Waals surface area contributed by atoms with Gasteiger partial charge in [0.1, 0.15) is 6.04 Å². The Morgan fingerprint density at radius 2 is 2.05 bits per heavy atom. The van der Waals surface area contributed by atoms with E-state index in [0.29, 0.717) is 23.2 Å². The molecule has 4 nitrogen and oxygen atoms in total. The van der Waals surface area contributed by atoms with E-state index >= 15 is 0 Å². The zero-order chi connectivity index (χ0) is 15.0. The van der Waals surface area contributed by atoms with Crippen molar-refractivity contribution in [1.29, 1.82) is 0 Å². The maximum Gasteiger partial charge on any atom is 0.254 e. The number of carbonyl (C=O) groups excluding carboxylic acids is 2. The normalized spacial score (nSPS) is 21.4. The van der Waals surface area contributed by atoms with Crippen molar-refractivity contribution in [2.75, 3.05) is 6.54 Å². The molecule has 1 aromatic rings. The first-order valence-corrected chi connectivity index (χ1v) is 8.58. The Morgan fingerprint density at radius 3 is 2.71 bits per heavy atom. The van der Waals surface area contributed by atoms with Crippen LogP contribution in [0.3, 0.4) is 0 Å². The van der Waals surface area contributed by atoms with Crippen LogP contribution >= 0.6 is 34.2 Å². The van der Waals surface area contributed by atoms with Gasteiger partial charge in [-0.1, -0.05) is 11.6 Å². The molecule has 1 saturated carbocycles. The zero-order valence-corrected chi connectivity index (χ0v) is 14.4. The minimum Gasteiger partial charge on any atom is -0.352 e. The summed E-state index contributed by atoms with van der Waals surface area (Å²) in [5, 5.41) is 3.56. The van der Waals surface area contributed by atoms with Gasteiger partial charge in [-0.2, -0.15) is 0 Å². The number of rotatable bonds is 3. The van der Waals surface area contributed by atoms with Crippen LogP contribution in [-0.4, -0.2) is 35.3 Å². The minimum atomic E-state index is -0.337. The fraction of sp³-hybridized carbons (Fsp3) is 0.467. The van der Waals surface area contributed by atoms with E-state index in [1.54, 1.807) is 17.0 Å². The fourth-order valence-corrected chi connectivity index (χ4v) is 3.12. The molecule has 2 amide bonds. The lowest BCUT2D eigenvalue weighted by atomic mass is 10.1. The van der Waals surface area contributed by atoms with Gasteiger partial charge in [0.25, 0.3) is 5.91 Å². The quantitative estimate of drug-likeness (QED) is 0.768. The van der Waals surface area contributed by atoms with Crippen LogP contribution < -0.4 is 5.32 Å². The number of hydrogen-bond donors (Lipinski definition) is 1. The lowest BCUT2D eigenvalue weighted by Gasteiger charge is -2.24. The molecule has 0 bridgehead atoms. The van der Waals surface area contributed by atoms with Crippen LogP contribution in [0.1, 0.15) is 36.0 Å². The minimum absolute atomic E-state index is 0.0139. The predicted molar refractivity (Wildman–Crippen MR) is 89.4 cm³/mol. The second-order valence-corrected chi connectivity index (χ2v) is 7.14. The van der Waals surface area contributed by atoms with Gasteiger partial charge in [0.05, 0.1) is 5.02 Å². The largest absolute Gasteiger partial charge is 0.352 e. The van der Waals surface area contributed by atoms with Gasteiger partial charge in [0.2, 0.25) is 5.91 Å². The Hall–Kier alpha value is -0.820. The topological polar surface area (TPSA) is 49.4 Å². The SMILES string of the molecule is O=C(NC1CC1)C1CCCN1C(=O)c1ccc(I)c(Cl)c1. The van der Waals surface area contributed by atoms with Crippen LogP contribution in [0.15, 0.2) is 18.2 Å². The number of nitrogens with one attached hydrogen (secondary N) is 1. The van der Waals surface area contributed by atoms with E-state index in [9.17, 15) is 9.59 Å². The van der Waals surface area contributed by atoms with Crippen LogP contribution in [0.4, 0.5) is 0 Å². The second-order valence-electron chi connectivity index (χ2n) is 5.57. The molecule has 2 fully saturated rings. The molecular weight excluding hydrogens is 403 g/mol. The average Bonchev–Trinajstić information content (AvgIpc) is 3.14. The van der Waals surface area contributed by atoms with E-state index in [2.05, 4.69) is 27.9 Å². The summed E-state index contributed by atoms with van der Waals surface area (Å²) < 4.78 is 0.912. The Balaban J connectivity index is 1.75. The Labute approximate surface area is 142 Å². The summed E-state index contributed by atoms with van der Waals surface area (Å²) in [5.41, 5.74) is 0.548. The van der Waals surface area contributed by atoms with Crippen molar-refractivity contribution in [2.24, 2.45) is 0 Å². The Morgan fingerprint density at radius 1 is 1.29 bits per heavy atom. The van der Waals surface area contributed by atoms with Gasteiger partial charge in [0, 0.05) is 21.7 Å². The maximum atomic E-state index is 12.6. The zero-order valence-electron chi connectivity index (χ0n) is 11.4. The smallest absolute Gasteiger partial charge is 0.254 e. The van der Waals surface area contributed by atoms with Crippen molar-refractivity contribution in [3.63, 3.8) is 0 Å². The molecule has 1 aliphatic heterocycles. The third-order valence-corrected chi connectivity index (χ3v) is 5.48. The summed E-state index contributed by atoms with van der Waals surface area (Å²) >= 11 is 8.21. The highest BCUT2D eigenvalue weighted by Gasteiger charge is 2.36. The highest BCUT2D eigenvalue weighted by molar-refractivity contribution is 14.1. The van der Waals surface area contributed by atoms with Gasteiger partial charge in [-0.3, -0.25) is 9.59 Å². The number of benzene rings is 1. The number of carbonyl (C=O) groups is 2. The summed E-state index contributed by atoms with van der Waals surface area (Å²) in [6.45, 7) is 0.630. The molecule has 21 heavy (non-hydrogen) atoms. The van der Waals surface area contributed by atoms with E-state index in [0.717, 1.165) is 29.3 Å². The molecule has 112 valence electrons. The van der Waals surface area contributed by atoms with Crippen LogP contribution in [-0.2, 0) is 4.79 Å². The molecule has 1 aromatic carbocycles. The fourth-order valence-electron chi connectivity index (χ4n) is 2.60. The molecule has 1 saturated heterocycles. The second kappa shape index (κ2) is 6.12. The highest BCUT2D eigenvalue weighted by atomic mass is 127. The third kappa shape index (κ3) is 3.34. The van der Waals surface area contributed by atoms with E-state index in [1.165, 1.54) is 0 Å². The number of nitrogens with zero attached hydrogens (tertiary/aromatic N) is 1. The number of hydrogen-bond acceptors (Lipinski definition) is 2. The number of halogens is 2. The van der Waals surface area contributed by atoms with Gasteiger partial charge in [-0.25, -0.2) is 0 Å². The van der Waals surface area contributed by atoms with Gasteiger partial charge in [-0.05, 0) is 66.5 Å². The lowest BCUT2D eigenvalue weighted by Crippen LogP contribution is -2.46. The monoisotopic (exact) mass is 418 g/mol. The predicted octanol–water partition coefficient (Wildman–Crippen LogP) is 2.83. The first-order valence-electron chi connectivity index (χ1n) is 7.12. The van der Waals surface area contributed by atoms with Crippen molar-refractivity contribution < 1.29 is 9.59 Å². The number of likely N-dealkylation sites (tertiary alicyclic amines) is 1. The van der Waals surface area contributed by atoms with Gasteiger partial charge in [-0.15, -0.1) is 0 Å². The van der Waals surface area contributed by atoms with E-state index in [4.69, 9.17) is 11.6 Å². The molecule has 0 radical (unpaired) electrons. The van der Waals surface area contributed by atoms with Gasteiger partial charge < -0.3 is 10.2 Å². The van der Waals surface area contributed by atoms with Gasteiger partial charge >= 0.3 is 0 Å². The summed E-state index contributed by atoms with van der Waals surface area (Å²) in [6.07, 6.45) is 3.72. The van der Waals surface area contributed by atoms with E-state index in [-0.39, 0.29) is 17.9 Å². The van der Waals surface area contributed by atoms with Crippen molar-refractivity contribution in [2.45, 2.75) is 37.8 Å². The lowest BCUT2D eigenvalue weighted by molar-refractivity contribution is -0.125. The van der Waals surface area contributed by atoms with Crippen LogP contribution in [0.2, 0.25) is 5.02 Å². The molecule has 6 heteroatoms. The molecule has 1 aliphatic carbocycles. The Kier molecular flexibility index (Phi) is 4.40. The van der Waals surface area contributed by atoms with E-state index in [1.807, 2.05) is 6.07 Å². The van der Waals surface area contributed by atoms with Crippen molar-refractivity contribution in [3.8, 4) is 0 Å². The molecular formula is C15H16ClIN2O2. The van der Waals surface area contributed by atoms with Crippen molar-refractivity contribution in [3.05, 3.63) is 32.4 Å². The van der Waals surface area contributed by atoms with Crippen LogP contribution in [0.25, 0.3) is 0 Å². The van der Waals surface area contributed by atoms with Crippen molar-refractivity contribution >= 4 is 46.0 Å². The average molecular weight is 419 g/mol. The summed E-state index contributed by atoms with van der Waals surface area (Å²) in [4.78, 5) is 26.5. The summed E-state index contributed by atoms with van der Waals surface area (Å²) in [6, 6.07) is 5.26. The van der Waals surface area contributed by atoms with E-state index < -0.39 is 0 Å². The molecule has 1 atom stereocenters. The standard InChI is InChI=1S/C15H16ClIN2O2/c16-11-8-9(3-6-12(11)17)15(21)19-7-1-2-13(19)14(20)18-10-4-5-10/h3,6,8,10,13H,1-2,4-5,7H2,(H,18,20). The maximum absolute atomic E-state index is 12.6. The van der Waals surface area contributed by atoms with Crippen LogP contribution in [0, 0.1) is 3.57 Å². The van der Waals surface area contributed by atoms with Crippen molar-refractivity contribution in [1.82, 2.24) is 10.2 Å². The first-order chi connectivity index (χ1) is 10.1. The molecule has 1 heterocycles. The Bertz CT molecular complexity index is 589. The van der Waals surface area contributed by atoms with Gasteiger partial charge in [0.15, 0.2) is 0 Å². The molecule has 1 unspecified atom stereocenters. The first kappa shape index (κ1) is 15.1. The molecule has 0 aromatic heterocycles. The molecule has 0 spiro atoms.